The van der Waals surface area contributed by atoms with Crippen molar-refractivity contribution >= 4 is 11.8 Å². The smallest absolute Gasteiger partial charge is 0.274 e. The molecule has 2 aliphatic heterocycles. The molecular formula is C25H29FN8O3. The van der Waals surface area contributed by atoms with Gasteiger partial charge in [-0.2, -0.15) is 5.10 Å². The fourth-order valence-electron chi connectivity index (χ4n) is 5.74. The van der Waals surface area contributed by atoms with E-state index in [1.54, 1.807) is 6.07 Å². The Hall–Kier alpha value is -3.83. The summed E-state index contributed by atoms with van der Waals surface area (Å²) in [5, 5.41) is 18.6. The van der Waals surface area contributed by atoms with E-state index in [1.165, 1.54) is 13.2 Å². The summed E-state index contributed by atoms with van der Waals surface area (Å²) in [6, 6.07) is 2.88. The molecule has 11 nitrogen and oxygen atoms in total. The minimum atomic E-state index is -0.541. The fraction of sp³-hybridized carbons (Fsp3) is 0.520. The number of nitrogens with zero attached hydrogens (tertiary/aromatic N) is 6. The van der Waals surface area contributed by atoms with E-state index in [4.69, 9.17) is 4.74 Å². The molecule has 6 rings (SSSR count). The maximum absolute atomic E-state index is 14.4. The average molecular weight is 509 g/mol. The van der Waals surface area contributed by atoms with Crippen molar-refractivity contribution in [1.29, 1.82) is 0 Å². The second-order valence-electron chi connectivity index (χ2n) is 10.2. The molecule has 1 spiro atoms. The number of piperidine rings is 1. The monoisotopic (exact) mass is 508 g/mol. The second kappa shape index (κ2) is 8.93. The molecule has 3 aromatic rings. The van der Waals surface area contributed by atoms with Crippen LogP contribution in [0.4, 0.5) is 4.39 Å². The molecule has 1 saturated heterocycles. The van der Waals surface area contributed by atoms with Crippen molar-refractivity contribution in [2.24, 2.45) is 5.92 Å². The molecule has 37 heavy (non-hydrogen) atoms. The number of aromatic amines is 1. The van der Waals surface area contributed by atoms with E-state index in [0.717, 1.165) is 50.1 Å². The van der Waals surface area contributed by atoms with Crippen LogP contribution < -0.4 is 10.1 Å². The molecule has 3 aliphatic rings. The Morgan fingerprint density at radius 1 is 1.22 bits per heavy atom. The number of nitrogens with one attached hydrogen (secondary N) is 2. The third-order valence-electron chi connectivity index (χ3n) is 7.94. The number of hydrogen-bond donors (Lipinski definition) is 2. The van der Waals surface area contributed by atoms with Crippen LogP contribution in [0.1, 0.15) is 66.7 Å². The van der Waals surface area contributed by atoms with Crippen molar-refractivity contribution in [3.8, 4) is 17.1 Å². The number of aryl methyl sites for hydroxylation is 1. The van der Waals surface area contributed by atoms with Gasteiger partial charge < -0.3 is 19.5 Å². The molecule has 2 N–H and O–H groups in total. The van der Waals surface area contributed by atoms with Gasteiger partial charge in [-0.25, -0.2) is 9.37 Å². The Labute approximate surface area is 212 Å². The summed E-state index contributed by atoms with van der Waals surface area (Å²) in [5.41, 5.74) is 0.487. The van der Waals surface area contributed by atoms with E-state index in [9.17, 15) is 14.0 Å². The lowest BCUT2D eigenvalue weighted by Gasteiger charge is -2.39. The predicted octanol–water partition coefficient (Wildman–Crippen LogP) is 2.56. The number of H-pyrrole nitrogens is 1. The zero-order valence-corrected chi connectivity index (χ0v) is 20.8. The molecule has 0 aromatic carbocycles. The van der Waals surface area contributed by atoms with Gasteiger partial charge in [0.15, 0.2) is 17.3 Å². The van der Waals surface area contributed by atoms with Crippen molar-refractivity contribution in [3.63, 3.8) is 0 Å². The molecule has 1 aliphatic carbocycles. The van der Waals surface area contributed by atoms with E-state index < -0.39 is 5.82 Å². The summed E-state index contributed by atoms with van der Waals surface area (Å²) < 4.78 is 21.5. The number of pyridine rings is 1. The topological polar surface area (TPSA) is 131 Å². The number of carbonyl (C=O) groups is 2. The summed E-state index contributed by atoms with van der Waals surface area (Å²) in [7, 11) is 1.45. The molecule has 12 heteroatoms. The quantitative estimate of drug-likeness (QED) is 0.542. The van der Waals surface area contributed by atoms with Gasteiger partial charge in [0.05, 0.1) is 25.0 Å². The van der Waals surface area contributed by atoms with Gasteiger partial charge in [-0.1, -0.05) is 0 Å². The number of methoxy groups -OCH3 is 1. The van der Waals surface area contributed by atoms with Crippen molar-refractivity contribution in [2.45, 2.75) is 63.6 Å². The van der Waals surface area contributed by atoms with E-state index in [-0.39, 0.29) is 46.5 Å². The van der Waals surface area contributed by atoms with Crippen molar-refractivity contribution in [1.82, 2.24) is 40.2 Å². The normalized spacial score (nSPS) is 22.0. The van der Waals surface area contributed by atoms with Crippen LogP contribution in [0.3, 0.4) is 0 Å². The molecule has 194 valence electrons. The lowest BCUT2D eigenvalue weighted by molar-refractivity contribution is -0.128. The first kappa shape index (κ1) is 23.6. The zero-order valence-electron chi connectivity index (χ0n) is 20.8. The molecular weight excluding hydrogens is 479 g/mol. The number of halogens is 1. The molecule has 0 unspecified atom stereocenters. The number of hydrogen-bond acceptors (Lipinski definition) is 7. The lowest BCUT2D eigenvalue weighted by atomic mass is 9.87. The molecule has 0 radical (unpaired) electrons. The van der Waals surface area contributed by atoms with E-state index in [0.29, 0.717) is 25.1 Å². The molecule has 3 aromatic heterocycles. The Kier molecular flexibility index (Phi) is 5.68. The molecule has 2 amide bonds. The van der Waals surface area contributed by atoms with Gasteiger partial charge >= 0.3 is 0 Å². The maximum Gasteiger partial charge on any atom is 0.274 e. The Balaban J connectivity index is 1.14. The van der Waals surface area contributed by atoms with Gasteiger partial charge in [0.25, 0.3) is 5.91 Å². The highest BCUT2D eigenvalue weighted by atomic mass is 19.1. The fourth-order valence-corrected chi connectivity index (χ4v) is 5.74. The lowest BCUT2D eigenvalue weighted by Crippen LogP contribution is -2.51. The van der Waals surface area contributed by atoms with E-state index in [1.807, 2.05) is 11.8 Å². The van der Waals surface area contributed by atoms with Gasteiger partial charge in [-0.05, 0) is 51.5 Å². The zero-order chi connectivity index (χ0) is 25.7. The third-order valence-corrected chi connectivity index (χ3v) is 7.94. The summed E-state index contributed by atoms with van der Waals surface area (Å²) in [6.45, 7) is 3.27. The summed E-state index contributed by atoms with van der Waals surface area (Å²) >= 11 is 0. The van der Waals surface area contributed by atoms with Crippen LogP contribution in [0.2, 0.25) is 0 Å². The van der Waals surface area contributed by atoms with Crippen LogP contribution in [0.15, 0.2) is 18.3 Å². The number of rotatable bonds is 5. The van der Waals surface area contributed by atoms with Crippen LogP contribution >= 0.6 is 0 Å². The second-order valence-corrected chi connectivity index (χ2v) is 10.2. The van der Waals surface area contributed by atoms with Crippen molar-refractivity contribution < 1.29 is 18.7 Å². The van der Waals surface area contributed by atoms with Crippen molar-refractivity contribution in [3.05, 3.63) is 41.5 Å². The Morgan fingerprint density at radius 3 is 2.84 bits per heavy atom. The highest BCUT2D eigenvalue weighted by Crippen LogP contribution is 2.50. The van der Waals surface area contributed by atoms with Crippen LogP contribution in [0.25, 0.3) is 11.3 Å². The Morgan fingerprint density at radius 2 is 2.05 bits per heavy atom. The number of amides is 2. The first-order chi connectivity index (χ1) is 17.9. The number of ether oxygens (including phenoxy) is 1. The molecule has 2 atom stereocenters. The van der Waals surface area contributed by atoms with Crippen LogP contribution in [-0.2, 0) is 11.3 Å². The minimum Gasteiger partial charge on any atom is -0.481 e. The average Bonchev–Trinajstić information content (AvgIpc) is 3.31. The Bertz CT molecular complexity index is 1360. The van der Waals surface area contributed by atoms with Gasteiger partial charge in [0.2, 0.25) is 11.8 Å². The maximum atomic E-state index is 14.4. The van der Waals surface area contributed by atoms with Gasteiger partial charge in [0.1, 0.15) is 5.82 Å². The van der Waals surface area contributed by atoms with Gasteiger partial charge in [0, 0.05) is 36.2 Å². The van der Waals surface area contributed by atoms with E-state index in [2.05, 4.69) is 35.3 Å². The molecule has 1 saturated carbocycles. The highest BCUT2D eigenvalue weighted by molar-refractivity contribution is 5.94. The number of likely N-dealkylation sites (tertiary alicyclic amines) is 1. The van der Waals surface area contributed by atoms with Crippen molar-refractivity contribution in [2.75, 3.05) is 13.7 Å². The van der Waals surface area contributed by atoms with Crippen LogP contribution in [0.5, 0.6) is 5.88 Å². The van der Waals surface area contributed by atoms with Crippen LogP contribution in [-0.4, -0.2) is 65.9 Å². The standard InChI is InChI=1S/C25H29FN8O3/c1-14-29-32-22-18(4-3-8-33(14)22)28-23(35)15-5-9-34(25(12-15)6-7-25)24(36)20-11-19(30-31-20)16-10-21(37-2)27-13-17(16)26/h10-11,13,15,18H,3-9,12H2,1-2H3,(H,28,35)(H,30,31)/t15-,18-/m0/s1. The van der Waals surface area contributed by atoms with Gasteiger partial charge in [-0.15, -0.1) is 10.2 Å². The van der Waals surface area contributed by atoms with Crippen LogP contribution in [0, 0.1) is 18.7 Å². The summed E-state index contributed by atoms with van der Waals surface area (Å²) in [5.74, 6) is 1.05. The summed E-state index contributed by atoms with van der Waals surface area (Å²) in [4.78, 5) is 32.4. The number of aromatic nitrogens is 6. The first-order valence-corrected chi connectivity index (χ1v) is 12.7. The first-order valence-electron chi connectivity index (χ1n) is 12.7. The SMILES string of the molecule is COc1cc(-c2cc(C(=O)N3CC[C@H](C(=O)N[C@H]4CCCn5c(C)nnc54)CC34CC4)n[nH]2)c(F)cn1. The summed E-state index contributed by atoms with van der Waals surface area (Å²) in [6.07, 6.45) is 5.79. The minimum absolute atomic E-state index is 0.0154. The van der Waals surface area contributed by atoms with Gasteiger partial charge in [-0.3, -0.25) is 14.7 Å². The number of carbonyl (C=O) groups excluding carboxylic acids is 2. The highest BCUT2D eigenvalue weighted by Gasteiger charge is 2.55. The molecule has 0 bridgehead atoms. The third kappa shape index (κ3) is 4.13. The van der Waals surface area contributed by atoms with E-state index >= 15 is 0 Å². The molecule has 5 heterocycles. The predicted molar refractivity (Wildman–Crippen MR) is 129 cm³/mol. The largest absolute Gasteiger partial charge is 0.481 e. The molecule has 2 fully saturated rings. The number of fused-ring (bicyclic) bond motifs is 1.